The number of piperidine rings is 1. The lowest BCUT2D eigenvalue weighted by atomic mass is 9.97. The van der Waals surface area contributed by atoms with Crippen molar-refractivity contribution in [2.45, 2.75) is 38.8 Å². The van der Waals surface area contributed by atoms with Crippen LogP contribution in [0.5, 0.6) is 5.75 Å². The normalized spacial score (nSPS) is 15.9. The van der Waals surface area contributed by atoms with E-state index in [9.17, 15) is 10.1 Å². The predicted molar refractivity (Wildman–Crippen MR) is 199 cm³/mol. The van der Waals surface area contributed by atoms with Crippen molar-refractivity contribution < 1.29 is 9.53 Å². The van der Waals surface area contributed by atoms with Crippen molar-refractivity contribution in [2.75, 3.05) is 81.7 Å². The molecule has 2 saturated heterocycles. The van der Waals surface area contributed by atoms with Crippen LogP contribution in [-0.2, 0) is 13.0 Å². The number of nitriles is 1. The SMILES string of the molecule is CCc1cc(CNc2ncc(C#N)c(Nc3ccc4nccnc4c3N(C)SC)n2)c(OC)cc1C(=O)N1CCC(N2CCN(C)CC2)CC1. The molecule has 4 heterocycles. The summed E-state index contributed by atoms with van der Waals surface area (Å²) in [5, 5.41) is 16.5. The van der Waals surface area contributed by atoms with E-state index in [1.165, 1.54) is 18.1 Å². The van der Waals surface area contributed by atoms with E-state index >= 15 is 0 Å². The highest BCUT2D eigenvalue weighted by atomic mass is 32.2. The van der Waals surface area contributed by atoms with Crippen molar-refractivity contribution in [3.8, 4) is 11.8 Å². The van der Waals surface area contributed by atoms with Gasteiger partial charge in [0.15, 0.2) is 5.82 Å². The lowest BCUT2D eigenvalue weighted by molar-refractivity contribution is 0.0518. The number of ether oxygens (including phenoxy) is 1. The van der Waals surface area contributed by atoms with Crippen molar-refractivity contribution >= 4 is 52.0 Å². The Kier molecular flexibility index (Phi) is 11.2. The van der Waals surface area contributed by atoms with Crippen molar-refractivity contribution in [3.05, 3.63) is 65.1 Å². The van der Waals surface area contributed by atoms with Gasteiger partial charge in [0.1, 0.15) is 22.9 Å². The Labute approximate surface area is 298 Å². The fraction of sp³-hybridized carbons (Fsp3) is 0.444. The number of aryl methyl sites for hydroxylation is 1. The number of carbonyl (C=O) groups excluding carboxylic acids is 1. The molecule has 2 N–H and O–H groups in total. The van der Waals surface area contributed by atoms with Crippen LogP contribution in [0.4, 0.5) is 23.1 Å². The zero-order valence-electron chi connectivity index (χ0n) is 29.4. The molecule has 50 heavy (non-hydrogen) atoms. The van der Waals surface area contributed by atoms with E-state index in [4.69, 9.17) is 4.74 Å². The first-order chi connectivity index (χ1) is 24.3. The number of rotatable bonds is 11. The third kappa shape index (κ3) is 7.55. The Balaban J connectivity index is 1.17. The van der Waals surface area contributed by atoms with E-state index in [2.05, 4.69) is 60.4 Å². The second kappa shape index (κ2) is 15.9. The number of nitrogens with zero attached hydrogens (tertiary/aromatic N) is 9. The minimum atomic E-state index is 0.0637. The molecule has 0 atom stereocenters. The Morgan fingerprint density at radius 2 is 1.84 bits per heavy atom. The molecule has 0 aliphatic carbocycles. The molecule has 6 rings (SSSR count). The molecule has 262 valence electrons. The number of likely N-dealkylation sites (tertiary alicyclic amines) is 1. The largest absolute Gasteiger partial charge is 0.496 e. The standard InChI is InChI=1S/C36H45N11O2S/c1-6-24-19-25(31(49-4)20-28(24)35(48)47-13-9-27(10-14-47)46-17-15-44(2)16-18-46)22-40-36-41-23-26(21-37)34(43-36)42-30-8-7-29-32(39-12-11-38-29)33(30)45(3)50-5/h7-8,11-12,19-20,23,27H,6,9-10,13-18,22H2,1-5H3,(H2,40,41,42,43). The molecule has 0 unspecified atom stereocenters. The van der Waals surface area contributed by atoms with Crippen molar-refractivity contribution in [3.63, 3.8) is 0 Å². The van der Waals surface area contributed by atoms with Crippen LogP contribution in [0.25, 0.3) is 11.0 Å². The van der Waals surface area contributed by atoms with Gasteiger partial charge in [-0.05, 0) is 56.1 Å². The summed E-state index contributed by atoms with van der Waals surface area (Å²) in [5.41, 5.74) is 5.90. The minimum Gasteiger partial charge on any atom is -0.496 e. The number of anilines is 4. The molecule has 2 aliphatic heterocycles. The second-order valence-corrected chi connectivity index (χ2v) is 13.6. The number of aromatic nitrogens is 4. The van der Waals surface area contributed by atoms with Crippen LogP contribution in [-0.4, -0.2) is 113 Å². The quantitative estimate of drug-likeness (QED) is 0.208. The highest BCUT2D eigenvalue weighted by molar-refractivity contribution is 7.99. The first-order valence-electron chi connectivity index (χ1n) is 17.0. The van der Waals surface area contributed by atoms with Crippen molar-refractivity contribution in [2.24, 2.45) is 0 Å². The lowest BCUT2D eigenvalue weighted by Crippen LogP contribution is -2.53. The summed E-state index contributed by atoms with van der Waals surface area (Å²) >= 11 is 1.54. The van der Waals surface area contributed by atoms with E-state index in [1.54, 1.807) is 19.5 Å². The first-order valence-corrected chi connectivity index (χ1v) is 18.2. The maximum Gasteiger partial charge on any atom is 0.254 e. The van der Waals surface area contributed by atoms with E-state index < -0.39 is 0 Å². The Morgan fingerprint density at radius 1 is 1.08 bits per heavy atom. The molecular weight excluding hydrogens is 651 g/mol. The van der Waals surface area contributed by atoms with Crippen molar-refractivity contribution in [1.82, 2.24) is 34.6 Å². The van der Waals surface area contributed by atoms with Gasteiger partial charge in [-0.1, -0.05) is 18.9 Å². The van der Waals surface area contributed by atoms with E-state index in [0.29, 0.717) is 47.7 Å². The van der Waals surface area contributed by atoms with Gasteiger partial charge in [0.2, 0.25) is 5.95 Å². The van der Waals surface area contributed by atoms with Crippen LogP contribution >= 0.6 is 11.9 Å². The maximum absolute atomic E-state index is 13.8. The molecule has 0 bridgehead atoms. The molecule has 2 aliphatic rings. The number of fused-ring (bicyclic) bond motifs is 1. The zero-order valence-corrected chi connectivity index (χ0v) is 30.3. The number of hydrogen-bond donors (Lipinski definition) is 2. The van der Waals surface area contributed by atoms with Gasteiger partial charge in [0.05, 0.1) is 30.2 Å². The van der Waals surface area contributed by atoms with Crippen LogP contribution in [0.3, 0.4) is 0 Å². The fourth-order valence-electron chi connectivity index (χ4n) is 6.77. The molecule has 1 amide bonds. The number of likely N-dealkylation sites (N-methyl/N-ethyl adjacent to an activating group) is 1. The van der Waals surface area contributed by atoms with Gasteiger partial charge in [0.25, 0.3) is 5.91 Å². The van der Waals surface area contributed by atoms with E-state index in [1.807, 2.05) is 46.8 Å². The highest BCUT2D eigenvalue weighted by Gasteiger charge is 2.30. The first kappa shape index (κ1) is 35.1. The molecule has 0 radical (unpaired) electrons. The molecule has 2 aromatic carbocycles. The molecule has 2 aromatic heterocycles. The summed E-state index contributed by atoms with van der Waals surface area (Å²) in [4.78, 5) is 38.9. The summed E-state index contributed by atoms with van der Waals surface area (Å²) in [6, 6.07) is 10.5. The Bertz CT molecular complexity index is 1870. The van der Waals surface area contributed by atoms with Crippen LogP contribution in [0.1, 0.15) is 46.8 Å². The third-order valence-electron chi connectivity index (χ3n) is 9.73. The van der Waals surface area contributed by atoms with E-state index in [-0.39, 0.29) is 5.91 Å². The van der Waals surface area contributed by atoms with Gasteiger partial charge in [-0.25, -0.2) is 4.98 Å². The van der Waals surface area contributed by atoms with Gasteiger partial charge < -0.3 is 29.5 Å². The lowest BCUT2D eigenvalue weighted by Gasteiger charge is -2.42. The molecule has 14 heteroatoms. The smallest absolute Gasteiger partial charge is 0.254 e. The topological polar surface area (TPSA) is 139 Å². The number of hydrogen-bond acceptors (Lipinski definition) is 13. The Hall–Kier alpha value is -4.71. The van der Waals surface area contributed by atoms with Gasteiger partial charge in [-0.2, -0.15) is 10.2 Å². The average molecular weight is 696 g/mol. The van der Waals surface area contributed by atoms with Gasteiger partial charge >= 0.3 is 0 Å². The molecule has 13 nitrogen and oxygen atoms in total. The highest BCUT2D eigenvalue weighted by Crippen LogP contribution is 2.37. The second-order valence-electron chi connectivity index (χ2n) is 12.6. The molecule has 0 saturated carbocycles. The summed E-state index contributed by atoms with van der Waals surface area (Å²) < 4.78 is 7.80. The van der Waals surface area contributed by atoms with Crippen LogP contribution in [0, 0.1) is 11.3 Å². The monoisotopic (exact) mass is 695 g/mol. The number of methoxy groups -OCH3 is 1. The summed E-state index contributed by atoms with van der Waals surface area (Å²) in [5.74, 6) is 1.39. The molecule has 0 spiro atoms. The van der Waals surface area contributed by atoms with Crippen LogP contribution < -0.4 is 19.7 Å². The van der Waals surface area contributed by atoms with Gasteiger partial charge in [-0.15, -0.1) is 0 Å². The number of nitrogens with one attached hydrogen (secondary N) is 2. The summed E-state index contributed by atoms with van der Waals surface area (Å²) in [6.45, 7) is 8.36. The van der Waals surface area contributed by atoms with Crippen LogP contribution in [0.2, 0.25) is 0 Å². The summed E-state index contributed by atoms with van der Waals surface area (Å²) in [7, 11) is 5.75. The average Bonchev–Trinajstić information content (AvgIpc) is 3.16. The molecular formula is C36H45N11O2S. The third-order valence-corrected chi connectivity index (χ3v) is 10.5. The zero-order chi connectivity index (χ0) is 35.2. The van der Waals surface area contributed by atoms with E-state index in [0.717, 1.165) is 85.6 Å². The number of benzene rings is 2. The molecule has 4 aromatic rings. The number of amides is 1. The number of carbonyl (C=O) groups is 1. The van der Waals surface area contributed by atoms with Gasteiger partial charge in [0, 0.05) is 88.7 Å². The van der Waals surface area contributed by atoms with Crippen LogP contribution in [0.15, 0.2) is 42.9 Å². The maximum atomic E-state index is 13.8. The summed E-state index contributed by atoms with van der Waals surface area (Å²) in [6.07, 6.45) is 9.52. The minimum absolute atomic E-state index is 0.0637. The molecule has 2 fully saturated rings. The predicted octanol–water partition coefficient (Wildman–Crippen LogP) is 4.78. The van der Waals surface area contributed by atoms with Crippen molar-refractivity contribution in [1.29, 1.82) is 5.26 Å². The number of piperazine rings is 1. The fourth-order valence-corrected chi connectivity index (χ4v) is 7.13. The van der Waals surface area contributed by atoms with Gasteiger partial charge in [-0.3, -0.25) is 19.7 Å². The Morgan fingerprint density at radius 3 is 2.54 bits per heavy atom.